The van der Waals surface area contributed by atoms with Crippen LogP contribution in [-0.4, -0.2) is 17.9 Å². The number of thiophene rings is 1. The minimum atomic E-state index is -4.89. The van der Waals surface area contributed by atoms with Crippen LogP contribution in [0.25, 0.3) is 0 Å². The zero-order valence-electron chi connectivity index (χ0n) is 8.56. The second kappa shape index (κ2) is 4.14. The summed E-state index contributed by atoms with van der Waals surface area (Å²) in [5, 5.41) is 1.94. The van der Waals surface area contributed by atoms with Crippen molar-refractivity contribution in [3.05, 3.63) is 16.5 Å². The molecule has 1 aromatic rings. The van der Waals surface area contributed by atoms with E-state index in [0.717, 1.165) is 21.8 Å². The number of carbonyl (C=O) groups excluding carboxylic acids is 2. The standard InChI is InChI=1S/C10H8F3NO2S/c11-10(12,13)9(16)14-8-3-5-1-2-6(15)4-7(5)17-8/h3H,1-2,4H2,(H,14,16). The average molecular weight is 263 g/mol. The highest BCUT2D eigenvalue weighted by Gasteiger charge is 2.39. The van der Waals surface area contributed by atoms with Crippen LogP contribution in [0, 0.1) is 0 Å². The highest BCUT2D eigenvalue weighted by atomic mass is 32.1. The van der Waals surface area contributed by atoms with E-state index in [1.165, 1.54) is 6.07 Å². The van der Waals surface area contributed by atoms with Crippen molar-refractivity contribution in [1.82, 2.24) is 0 Å². The maximum atomic E-state index is 12.0. The molecule has 3 nitrogen and oxygen atoms in total. The van der Waals surface area contributed by atoms with Gasteiger partial charge in [0.05, 0.1) is 5.00 Å². The molecule has 1 aliphatic rings. The first kappa shape index (κ1) is 12.1. The van der Waals surface area contributed by atoms with Crippen LogP contribution in [0.4, 0.5) is 18.2 Å². The molecule has 7 heteroatoms. The number of nitrogens with one attached hydrogen (secondary N) is 1. The number of hydrogen-bond donors (Lipinski definition) is 1. The Morgan fingerprint density at radius 3 is 2.71 bits per heavy atom. The molecule has 0 atom stereocenters. The van der Waals surface area contributed by atoms with E-state index < -0.39 is 12.1 Å². The van der Waals surface area contributed by atoms with Gasteiger partial charge in [0, 0.05) is 17.7 Å². The number of carbonyl (C=O) groups is 2. The fourth-order valence-electron chi connectivity index (χ4n) is 1.61. The van der Waals surface area contributed by atoms with Gasteiger partial charge in [0.25, 0.3) is 0 Å². The van der Waals surface area contributed by atoms with Gasteiger partial charge in [-0.2, -0.15) is 13.2 Å². The summed E-state index contributed by atoms with van der Waals surface area (Å²) in [4.78, 5) is 22.6. The van der Waals surface area contributed by atoms with Crippen molar-refractivity contribution < 1.29 is 22.8 Å². The fourth-order valence-corrected chi connectivity index (χ4v) is 2.75. The number of fused-ring (bicyclic) bond motifs is 1. The van der Waals surface area contributed by atoms with E-state index in [1.54, 1.807) is 5.32 Å². The van der Waals surface area contributed by atoms with Gasteiger partial charge in [-0.05, 0) is 18.1 Å². The number of rotatable bonds is 1. The van der Waals surface area contributed by atoms with Gasteiger partial charge in [0.1, 0.15) is 5.78 Å². The number of amides is 1. The lowest BCUT2D eigenvalue weighted by molar-refractivity contribution is -0.167. The van der Waals surface area contributed by atoms with Crippen molar-refractivity contribution in [1.29, 1.82) is 0 Å². The van der Waals surface area contributed by atoms with Crippen LogP contribution in [-0.2, 0) is 22.4 Å². The summed E-state index contributed by atoms with van der Waals surface area (Å²) in [5.74, 6) is -1.91. The first-order valence-electron chi connectivity index (χ1n) is 4.88. The molecule has 0 aromatic carbocycles. The molecule has 0 radical (unpaired) electrons. The molecule has 0 saturated carbocycles. The van der Waals surface area contributed by atoms with E-state index >= 15 is 0 Å². The van der Waals surface area contributed by atoms with Gasteiger partial charge < -0.3 is 5.32 Å². The number of anilines is 1. The van der Waals surface area contributed by atoms with Crippen molar-refractivity contribution in [2.45, 2.75) is 25.4 Å². The molecule has 1 aliphatic carbocycles. The maximum absolute atomic E-state index is 12.0. The summed E-state index contributed by atoms with van der Waals surface area (Å²) in [6, 6.07) is 1.51. The molecular weight excluding hydrogens is 255 g/mol. The summed E-state index contributed by atoms with van der Waals surface area (Å²) < 4.78 is 36.1. The molecule has 17 heavy (non-hydrogen) atoms. The number of halogens is 3. The third-order valence-electron chi connectivity index (χ3n) is 2.42. The van der Waals surface area contributed by atoms with Gasteiger partial charge in [0.15, 0.2) is 0 Å². The summed E-state index contributed by atoms with van der Waals surface area (Å²) >= 11 is 1.03. The van der Waals surface area contributed by atoms with Gasteiger partial charge in [-0.15, -0.1) is 11.3 Å². The highest BCUT2D eigenvalue weighted by Crippen LogP contribution is 2.32. The van der Waals surface area contributed by atoms with Crippen LogP contribution in [0.3, 0.4) is 0 Å². The van der Waals surface area contributed by atoms with Crippen LogP contribution in [0.1, 0.15) is 16.9 Å². The van der Waals surface area contributed by atoms with Crippen LogP contribution in [0.15, 0.2) is 6.07 Å². The number of alkyl halides is 3. The molecular formula is C10H8F3NO2S. The summed E-state index contributed by atoms with van der Waals surface area (Å²) in [6.07, 6.45) is -3.69. The quantitative estimate of drug-likeness (QED) is 0.845. The lowest BCUT2D eigenvalue weighted by Gasteiger charge is -2.07. The molecule has 1 aromatic heterocycles. The second-order valence-electron chi connectivity index (χ2n) is 3.73. The van der Waals surface area contributed by atoms with E-state index in [4.69, 9.17) is 0 Å². The monoisotopic (exact) mass is 263 g/mol. The summed E-state index contributed by atoms with van der Waals surface area (Å²) in [7, 11) is 0. The maximum Gasteiger partial charge on any atom is 0.471 e. The van der Waals surface area contributed by atoms with Crippen LogP contribution in [0.5, 0.6) is 0 Å². The largest absolute Gasteiger partial charge is 0.471 e. The lowest BCUT2D eigenvalue weighted by Crippen LogP contribution is -2.29. The Bertz CT molecular complexity index is 478. The zero-order chi connectivity index (χ0) is 12.6. The third-order valence-corrected chi connectivity index (χ3v) is 3.51. The van der Waals surface area contributed by atoms with Crippen molar-refractivity contribution in [2.75, 3.05) is 5.32 Å². The molecule has 1 heterocycles. The molecule has 0 unspecified atom stereocenters. The minimum Gasteiger partial charge on any atom is -0.310 e. The molecule has 1 N–H and O–H groups in total. The van der Waals surface area contributed by atoms with Gasteiger partial charge in [-0.3, -0.25) is 9.59 Å². The van der Waals surface area contributed by atoms with Crippen molar-refractivity contribution in [3.63, 3.8) is 0 Å². The summed E-state index contributed by atoms with van der Waals surface area (Å²) in [5.41, 5.74) is 0.854. The van der Waals surface area contributed by atoms with Crippen LogP contribution >= 0.6 is 11.3 Å². The second-order valence-corrected chi connectivity index (χ2v) is 4.86. The van der Waals surface area contributed by atoms with Crippen LogP contribution in [0.2, 0.25) is 0 Å². The Kier molecular flexibility index (Phi) is 2.94. The molecule has 92 valence electrons. The van der Waals surface area contributed by atoms with E-state index in [9.17, 15) is 22.8 Å². The minimum absolute atomic E-state index is 0.0769. The first-order valence-corrected chi connectivity index (χ1v) is 5.69. The molecule has 0 bridgehead atoms. The smallest absolute Gasteiger partial charge is 0.310 e. The molecule has 0 aliphatic heterocycles. The Morgan fingerprint density at radius 1 is 1.35 bits per heavy atom. The number of hydrogen-bond acceptors (Lipinski definition) is 3. The van der Waals surface area contributed by atoms with E-state index in [0.29, 0.717) is 12.8 Å². The van der Waals surface area contributed by atoms with Crippen molar-refractivity contribution in [2.24, 2.45) is 0 Å². The van der Waals surface area contributed by atoms with Gasteiger partial charge in [0.2, 0.25) is 0 Å². The SMILES string of the molecule is O=C1CCc2cc(NC(=O)C(F)(F)F)sc2C1. The van der Waals surface area contributed by atoms with E-state index in [-0.39, 0.29) is 17.2 Å². The van der Waals surface area contributed by atoms with E-state index in [1.807, 2.05) is 0 Å². The number of Topliss-reactive ketones (excluding diaryl/α,β-unsaturated/α-hetero) is 1. The van der Waals surface area contributed by atoms with Gasteiger partial charge >= 0.3 is 12.1 Å². The number of aryl methyl sites for hydroxylation is 1. The summed E-state index contributed by atoms with van der Waals surface area (Å²) in [6.45, 7) is 0. The third kappa shape index (κ3) is 2.66. The highest BCUT2D eigenvalue weighted by molar-refractivity contribution is 7.16. The normalized spacial score (nSPS) is 15.6. The van der Waals surface area contributed by atoms with Gasteiger partial charge in [-0.25, -0.2) is 0 Å². The van der Waals surface area contributed by atoms with Gasteiger partial charge in [-0.1, -0.05) is 0 Å². The lowest BCUT2D eigenvalue weighted by atomic mass is 9.98. The number of ketones is 1. The Labute approximate surface area is 98.6 Å². The molecule has 0 spiro atoms. The first-order chi connectivity index (χ1) is 7.86. The Morgan fingerprint density at radius 2 is 2.06 bits per heavy atom. The van der Waals surface area contributed by atoms with Crippen molar-refractivity contribution in [3.8, 4) is 0 Å². The Balaban J connectivity index is 2.14. The predicted octanol–water partition coefficient (Wildman–Crippen LogP) is 2.31. The van der Waals surface area contributed by atoms with Crippen molar-refractivity contribution >= 4 is 28.0 Å². The predicted molar refractivity (Wildman–Crippen MR) is 56.0 cm³/mol. The topological polar surface area (TPSA) is 46.2 Å². The molecule has 2 rings (SSSR count). The molecule has 0 fully saturated rings. The average Bonchev–Trinajstić information content (AvgIpc) is 2.57. The molecule has 1 amide bonds. The Hall–Kier alpha value is -1.37. The molecule has 0 saturated heterocycles. The zero-order valence-corrected chi connectivity index (χ0v) is 9.37. The van der Waals surface area contributed by atoms with E-state index in [2.05, 4.69) is 0 Å². The van der Waals surface area contributed by atoms with Crippen LogP contribution < -0.4 is 5.32 Å². The fraction of sp³-hybridized carbons (Fsp3) is 0.400.